The number of rotatable bonds is 8. The van der Waals surface area contributed by atoms with Gasteiger partial charge in [0.05, 0.1) is 18.5 Å². The number of piperazine rings is 1. The quantitative estimate of drug-likeness (QED) is 0.668. The van der Waals surface area contributed by atoms with Crippen molar-refractivity contribution >= 4 is 34.6 Å². The summed E-state index contributed by atoms with van der Waals surface area (Å²) in [7, 11) is 1.73. The number of anilines is 2. The standard InChI is InChI=1S/C19H25Cl2N5O/c1-27-17-7-3-2-6-16(17)26-12-10-25(11-13-26)9-5-4-8-22-15-14-18(20)23-24-19(15)21/h2-3,6-7,14H,4-5,8-13H2,1H3,(H,22,23). The molecule has 146 valence electrons. The molecule has 2 aromatic rings. The van der Waals surface area contributed by atoms with Gasteiger partial charge in [-0.15, -0.1) is 10.2 Å². The summed E-state index contributed by atoms with van der Waals surface area (Å²) in [5, 5.41) is 11.5. The van der Waals surface area contributed by atoms with E-state index in [9.17, 15) is 0 Å². The summed E-state index contributed by atoms with van der Waals surface area (Å²) in [6, 6.07) is 9.93. The Labute approximate surface area is 170 Å². The Balaban J connectivity index is 1.36. The van der Waals surface area contributed by atoms with E-state index in [0.29, 0.717) is 10.3 Å². The maximum atomic E-state index is 6.00. The van der Waals surface area contributed by atoms with Gasteiger partial charge in [-0.05, 0) is 31.5 Å². The fourth-order valence-electron chi connectivity index (χ4n) is 3.26. The predicted molar refractivity (Wildman–Crippen MR) is 111 cm³/mol. The lowest BCUT2D eigenvalue weighted by atomic mass is 10.2. The minimum Gasteiger partial charge on any atom is -0.495 e. The Bertz CT molecular complexity index is 738. The fraction of sp³-hybridized carbons (Fsp3) is 0.474. The molecular weight excluding hydrogens is 385 g/mol. The molecule has 0 spiro atoms. The summed E-state index contributed by atoms with van der Waals surface area (Å²) in [5.41, 5.74) is 1.92. The predicted octanol–water partition coefficient (Wildman–Crippen LogP) is 3.81. The third kappa shape index (κ3) is 5.61. The lowest BCUT2D eigenvalue weighted by Gasteiger charge is -2.36. The highest BCUT2D eigenvalue weighted by molar-refractivity contribution is 6.33. The van der Waals surface area contributed by atoms with E-state index in [2.05, 4.69) is 37.4 Å². The van der Waals surface area contributed by atoms with Gasteiger partial charge in [-0.25, -0.2) is 0 Å². The Morgan fingerprint density at radius 3 is 2.63 bits per heavy atom. The Kier molecular flexibility index (Phi) is 7.38. The van der Waals surface area contributed by atoms with Crippen LogP contribution in [0.25, 0.3) is 0 Å². The second-order valence-electron chi connectivity index (χ2n) is 6.51. The monoisotopic (exact) mass is 409 g/mol. The maximum Gasteiger partial charge on any atom is 0.174 e. The molecule has 0 radical (unpaired) electrons. The normalized spacial score (nSPS) is 15.0. The lowest BCUT2D eigenvalue weighted by molar-refractivity contribution is 0.253. The first-order valence-electron chi connectivity index (χ1n) is 9.20. The van der Waals surface area contributed by atoms with E-state index >= 15 is 0 Å². The van der Waals surface area contributed by atoms with E-state index in [1.165, 1.54) is 5.69 Å². The van der Waals surface area contributed by atoms with Crippen LogP contribution in [-0.2, 0) is 0 Å². The number of methoxy groups -OCH3 is 1. The molecule has 1 saturated heterocycles. The molecule has 1 aliphatic rings. The molecule has 0 amide bonds. The summed E-state index contributed by atoms with van der Waals surface area (Å²) in [5.74, 6) is 0.946. The first-order chi connectivity index (χ1) is 13.2. The van der Waals surface area contributed by atoms with E-state index < -0.39 is 0 Å². The number of ether oxygens (including phenoxy) is 1. The molecule has 0 unspecified atom stereocenters. The van der Waals surface area contributed by atoms with Crippen molar-refractivity contribution in [2.24, 2.45) is 0 Å². The molecule has 1 aliphatic heterocycles. The molecule has 1 aromatic carbocycles. The van der Waals surface area contributed by atoms with Gasteiger partial charge in [0, 0.05) is 38.8 Å². The number of hydrogen-bond acceptors (Lipinski definition) is 6. The first-order valence-corrected chi connectivity index (χ1v) is 9.96. The minimum atomic E-state index is 0.342. The average molecular weight is 410 g/mol. The van der Waals surface area contributed by atoms with Gasteiger partial charge in [-0.2, -0.15) is 0 Å². The van der Waals surface area contributed by atoms with E-state index in [-0.39, 0.29) is 0 Å². The number of hydrogen-bond donors (Lipinski definition) is 1. The van der Waals surface area contributed by atoms with Crippen LogP contribution < -0.4 is 15.0 Å². The smallest absolute Gasteiger partial charge is 0.174 e. The Morgan fingerprint density at radius 2 is 1.85 bits per heavy atom. The van der Waals surface area contributed by atoms with E-state index in [0.717, 1.165) is 63.5 Å². The third-order valence-corrected chi connectivity index (χ3v) is 5.20. The van der Waals surface area contributed by atoms with Crippen LogP contribution in [0.4, 0.5) is 11.4 Å². The Morgan fingerprint density at radius 1 is 1.07 bits per heavy atom. The zero-order valence-electron chi connectivity index (χ0n) is 15.5. The van der Waals surface area contributed by atoms with Gasteiger partial charge in [-0.1, -0.05) is 35.3 Å². The van der Waals surface area contributed by atoms with Gasteiger partial charge in [0.25, 0.3) is 0 Å². The van der Waals surface area contributed by atoms with Crippen LogP contribution >= 0.6 is 23.2 Å². The van der Waals surface area contributed by atoms with Crippen LogP contribution in [0.5, 0.6) is 5.75 Å². The van der Waals surface area contributed by atoms with E-state index in [4.69, 9.17) is 27.9 Å². The van der Waals surface area contributed by atoms with Crippen LogP contribution in [0, 0.1) is 0 Å². The SMILES string of the molecule is COc1ccccc1N1CCN(CCCCNc2cc(Cl)nnc2Cl)CC1. The molecule has 0 bridgehead atoms. The summed E-state index contributed by atoms with van der Waals surface area (Å²) in [4.78, 5) is 4.92. The minimum absolute atomic E-state index is 0.342. The van der Waals surface area contributed by atoms with Gasteiger partial charge in [0.15, 0.2) is 10.3 Å². The van der Waals surface area contributed by atoms with E-state index in [1.807, 2.05) is 12.1 Å². The lowest BCUT2D eigenvalue weighted by Crippen LogP contribution is -2.46. The van der Waals surface area contributed by atoms with E-state index in [1.54, 1.807) is 13.2 Å². The number of halogens is 2. The van der Waals surface area contributed by atoms with Crippen molar-refractivity contribution in [3.05, 3.63) is 40.6 Å². The van der Waals surface area contributed by atoms with Crippen molar-refractivity contribution in [3.63, 3.8) is 0 Å². The fourth-order valence-corrected chi connectivity index (χ4v) is 3.57. The van der Waals surface area contributed by atoms with Gasteiger partial charge in [0.1, 0.15) is 5.75 Å². The van der Waals surface area contributed by atoms with Crippen LogP contribution in [-0.4, -0.2) is 61.5 Å². The highest BCUT2D eigenvalue weighted by Crippen LogP contribution is 2.28. The second-order valence-corrected chi connectivity index (χ2v) is 7.25. The molecule has 1 N–H and O–H groups in total. The second kappa shape index (κ2) is 9.97. The number of nitrogens with one attached hydrogen (secondary N) is 1. The number of nitrogens with zero attached hydrogens (tertiary/aromatic N) is 4. The largest absolute Gasteiger partial charge is 0.495 e. The summed E-state index contributed by atoms with van der Waals surface area (Å²) in [6.07, 6.45) is 2.19. The summed E-state index contributed by atoms with van der Waals surface area (Å²) >= 11 is 11.8. The van der Waals surface area contributed by atoms with Gasteiger partial charge >= 0.3 is 0 Å². The summed E-state index contributed by atoms with van der Waals surface area (Å²) < 4.78 is 5.48. The summed E-state index contributed by atoms with van der Waals surface area (Å²) in [6.45, 7) is 6.13. The molecule has 27 heavy (non-hydrogen) atoms. The van der Waals surface area contributed by atoms with Crippen LogP contribution in [0.1, 0.15) is 12.8 Å². The molecule has 1 aromatic heterocycles. The molecule has 6 nitrogen and oxygen atoms in total. The number of para-hydroxylation sites is 2. The molecule has 1 fully saturated rings. The van der Waals surface area contributed by atoms with Gasteiger partial charge < -0.3 is 15.0 Å². The van der Waals surface area contributed by atoms with Crippen LogP contribution in [0.2, 0.25) is 10.3 Å². The molecule has 0 aliphatic carbocycles. The van der Waals surface area contributed by atoms with Gasteiger partial charge in [0.2, 0.25) is 0 Å². The molecule has 2 heterocycles. The average Bonchev–Trinajstić information content (AvgIpc) is 2.70. The Hall–Kier alpha value is -1.76. The number of unbranched alkanes of at least 4 members (excludes halogenated alkanes) is 1. The molecule has 3 rings (SSSR count). The maximum absolute atomic E-state index is 6.00. The molecule has 8 heteroatoms. The highest BCUT2D eigenvalue weighted by atomic mass is 35.5. The zero-order chi connectivity index (χ0) is 19.1. The number of aromatic nitrogens is 2. The molecule has 0 atom stereocenters. The molecular formula is C19H25Cl2N5O. The van der Waals surface area contributed by atoms with Crippen molar-refractivity contribution < 1.29 is 4.74 Å². The van der Waals surface area contributed by atoms with Crippen molar-refractivity contribution in [2.45, 2.75) is 12.8 Å². The van der Waals surface area contributed by atoms with Crippen molar-refractivity contribution in [3.8, 4) is 5.75 Å². The van der Waals surface area contributed by atoms with Gasteiger partial charge in [-0.3, -0.25) is 4.90 Å². The van der Waals surface area contributed by atoms with Crippen molar-refractivity contribution in [1.82, 2.24) is 15.1 Å². The van der Waals surface area contributed by atoms with Crippen molar-refractivity contribution in [1.29, 1.82) is 0 Å². The molecule has 0 saturated carbocycles. The van der Waals surface area contributed by atoms with Crippen molar-refractivity contribution in [2.75, 3.05) is 56.6 Å². The topological polar surface area (TPSA) is 53.5 Å². The zero-order valence-corrected chi connectivity index (χ0v) is 17.0. The number of benzene rings is 1. The third-order valence-electron chi connectivity index (χ3n) is 4.73. The van der Waals surface area contributed by atoms with Crippen LogP contribution in [0.3, 0.4) is 0 Å². The highest BCUT2D eigenvalue weighted by Gasteiger charge is 2.19. The van der Waals surface area contributed by atoms with Crippen LogP contribution in [0.15, 0.2) is 30.3 Å². The first kappa shape index (κ1) is 20.0.